The van der Waals surface area contributed by atoms with Gasteiger partial charge in [-0.15, -0.1) is 0 Å². The van der Waals surface area contributed by atoms with Crippen LogP contribution in [0.3, 0.4) is 0 Å². The molecule has 0 radical (unpaired) electrons. The number of carbonyl (C=O) groups excluding carboxylic acids is 1. The molecule has 1 N–H and O–H groups in total. The number of nitriles is 1. The molecule has 0 amide bonds. The van der Waals surface area contributed by atoms with E-state index in [-0.39, 0.29) is 18.6 Å². The summed E-state index contributed by atoms with van der Waals surface area (Å²) in [6, 6.07) is 16.8. The first kappa shape index (κ1) is 27.4. The smallest absolute Gasteiger partial charge is 0.213 e. The van der Waals surface area contributed by atoms with Gasteiger partial charge in [-0.1, -0.05) is 44.2 Å². The monoisotopic (exact) mass is 551 g/mol. The van der Waals surface area contributed by atoms with Crippen molar-refractivity contribution in [3.63, 3.8) is 0 Å². The van der Waals surface area contributed by atoms with Gasteiger partial charge in [-0.3, -0.25) is 4.90 Å². The first-order chi connectivity index (χ1) is 19.8. The summed E-state index contributed by atoms with van der Waals surface area (Å²) in [5.74, 6) is 2.84. The van der Waals surface area contributed by atoms with Crippen LogP contribution in [-0.4, -0.2) is 48.1 Å². The lowest BCUT2D eigenvalue weighted by Gasteiger charge is -2.31. The number of nitrogens with zero attached hydrogens (tertiary/aromatic N) is 3. The average molecular weight is 552 g/mol. The van der Waals surface area contributed by atoms with E-state index in [9.17, 15) is 15.2 Å². The van der Waals surface area contributed by atoms with E-state index in [1.807, 2.05) is 25.1 Å². The Labute approximate surface area is 241 Å². The summed E-state index contributed by atoms with van der Waals surface area (Å²) >= 11 is 0. The van der Waals surface area contributed by atoms with E-state index in [4.69, 9.17) is 9.47 Å². The average Bonchev–Trinajstić information content (AvgIpc) is 3.63. The number of piperidine rings is 1. The largest absolute Gasteiger partial charge is 0.485 e. The summed E-state index contributed by atoms with van der Waals surface area (Å²) in [7, 11) is 1.59. The molecule has 41 heavy (non-hydrogen) atoms. The fourth-order valence-electron chi connectivity index (χ4n) is 6.48. The second-order valence-corrected chi connectivity index (χ2v) is 12.3. The van der Waals surface area contributed by atoms with Gasteiger partial charge in [0.05, 0.1) is 24.7 Å². The second kappa shape index (κ2) is 10.9. The lowest BCUT2D eigenvalue weighted by Crippen LogP contribution is -2.29. The topological polar surface area (TPSA) is 95.7 Å². The van der Waals surface area contributed by atoms with Gasteiger partial charge in [-0.05, 0) is 70.9 Å². The van der Waals surface area contributed by atoms with E-state index < -0.39 is 5.41 Å². The Morgan fingerprint density at radius 2 is 2.02 bits per heavy atom. The molecule has 3 heterocycles. The van der Waals surface area contributed by atoms with Crippen molar-refractivity contribution in [2.24, 2.45) is 17.3 Å². The lowest BCUT2D eigenvalue weighted by molar-refractivity contribution is -0.118. The molecule has 2 aliphatic heterocycles. The van der Waals surface area contributed by atoms with Crippen LogP contribution in [-0.2, 0) is 17.8 Å². The zero-order chi connectivity index (χ0) is 28.7. The number of pyridine rings is 1. The van der Waals surface area contributed by atoms with Gasteiger partial charge in [-0.2, -0.15) is 5.26 Å². The minimum Gasteiger partial charge on any atom is -0.485 e. The zero-order valence-electron chi connectivity index (χ0n) is 24.0. The van der Waals surface area contributed by atoms with Gasteiger partial charge in [0.15, 0.2) is 0 Å². The molecule has 7 heteroatoms. The normalized spacial score (nSPS) is 23.3. The van der Waals surface area contributed by atoms with Gasteiger partial charge in [0, 0.05) is 37.5 Å². The Bertz CT molecular complexity index is 1500. The van der Waals surface area contributed by atoms with Crippen molar-refractivity contribution >= 4 is 6.29 Å². The summed E-state index contributed by atoms with van der Waals surface area (Å²) < 4.78 is 12.0. The van der Waals surface area contributed by atoms with E-state index in [1.165, 1.54) is 12.0 Å². The quantitative estimate of drug-likeness (QED) is 0.354. The predicted octanol–water partition coefficient (Wildman–Crippen LogP) is 5.45. The van der Waals surface area contributed by atoms with E-state index in [1.54, 1.807) is 20.2 Å². The van der Waals surface area contributed by atoms with E-state index in [0.29, 0.717) is 11.4 Å². The number of likely N-dealkylation sites (tertiary alicyclic amines) is 1. The van der Waals surface area contributed by atoms with Gasteiger partial charge in [0.1, 0.15) is 24.2 Å². The number of aryl methyl sites for hydroxylation is 1. The summed E-state index contributed by atoms with van der Waals surface area (Å²) in [5, 5.41) is 19.7. The van der Waals surface area contributed by atoms with Crippen molar-refractivity contribution in [2.75, 3.05) is 26.8 Å². The van der Waals surface area contributed by atoms with Crippen LogP contribution in [0.25, 0.3) is 11.1 Å². The number of ether oxygens (including phenoxy) is 2. The van der Waals surface area contributed by atoms with E-state index in [0.717, 1.165) is 84.2 Å². The highest BCUT2D eigenvalue weighted by Gasteiger charge is 2.45. The molecule has 3 aromatic rings. The van der Waals surface area contributed by atoms with Gasteiger partial charge in [-0.25, -0.2) is 4.98 Å². The van der Waals surface area contributed by atoms with Crippen molar-refractivity contribution in [3.05, 3.63) is 76.5 Å². The number of rotatable bonds is 9. The highest BCUT2D eigenvalue weighted by atomic mass is 16.5. The molecule has 5 atom stereocenters. The first-order valence-corrected chi connectivity index (χ1v) is 14.5. The molecule has 3 aliphatic rings. The SMILES string of the molecule is COc1cc(-c2ccc(C3CCc4ccc([C@H](C)[C@](C)(C=O)CO)cc4O3)cc2CN2CC3CC3C2)c(C#N)cn1. The van der Waals surface area contributed by atoms with Crippen molar-refractivity contribution in [1.82, 2.24) is 9.88 Å². The van der Waals surface area contributed by atoms with Crippen molar-refractivity contribution in [3.8, 4) is 28.8 Å². The molecule has 6 rings (SSSR count). The van der Waals surface area contributed by atoms with Gasteiger partial charge in [0.2, 0.25) is 5.88 Å². The zero-order valence-corrected chi connectivity index (χ0v) is 24.0. The molecule has 212 valence electrons. The highest BCUT2D eigenvalue weighted by Crippen LogP contribution is 2.46. The number of aldehydes is 1. The Morgan fingerprint density at radius 3 is 2.73 bits per heavy atom. The van der Waals surface area contributed by atoms with E-state index in [2.05, 4.69) is 40.2 Å². The standard InChI is InChI=1S/C34H37N3O4/c1-21(34(2,19-38)20-39)23-5-4-22-7-9-31(41-32(22)12-23)24-6-8-29(30-13-33(40-3)36-15-28(30)14-35)27(10-24)18-37-16-25-11-26(25)17-37/h4-6,8,10,12-13,15,19,21,25-26,31,39H,7,9,11,16-18,20H2,1-3H3/t21-,25?,26?,31?,34+/m0/s1. The van der Waals surface area contributed by atoms with Crippen LogP contribution in [0.15, 0.2) is 48.7 Å². The van der Waals surface area contributed by atoms with Crippen LogP contribution in [0, 0.1) is 28.6 Å². The maximum absolute atomic E-state index is 11.8. The van der Waals surface area contributed by atoms with Crippen molar-refractivity contribution in [2.45, 2.75) is 51.7 Å². The summed E-state index contributed by atoms with van der Waals surface area (Å²) in [6.07, 6.45) is 5.44. The van der Waals surface area contributed by atoms with Crippen molar-refractivity contribution < 1.29 is 19.4 Å². The molecule has 1 saturated heterocycles. The Morgan fingerprint density at radius 1 is 1.22 bits per heavy atom. The van der Waals surface area contributed by atoms with Crippen LogP contribution >= 0.6 is 0 Å². The van der Waals surface area contributed by atoms with Crippen LogP contribution in [0.4, 0.5) is 0 Å². The first-order valence-electron chi connectivity index (χ1n) is 14.5. The van der Waals surface area contributed by atoms with Crippen LogP contribution in [0.2, 0.25) is 0 Å². The number of aliphatic hydroxyl groups excluding tert-OH is 1. The highest BCUT2D eigenvalue weighted by molar-refractivity contribution is 5.74. The van der Waals surface area contributed by atoms with Crippen LogP contribution < -0.4 is 9.47 Å². The predicted molar refractivity (Wildman–Crippen MR) is 156 cm³/mol. The minimum atomic E-state index is -0.846. The molecule has 3 unspecified atom stereocenters. The fraction of sp³-hybridized carbons (Fsp3) is 0.441. The number of methoxy groups -OCH3 is 1. The molecule has 1 saturated carbocycles. The second-order valence-electron chi connectivity index (χ2n) is 12.3. The molecular formula is C34H37N3O4. The number of hydrogen-bond donors (Lipinski definition) is 1. The van der Waals surface area contributed by atoms with Crippen LogP contribution in [0.5, 0.6) is 11.6 Å². The van der Waals surface area contributed by atoms with Gasteiger partial charge < -0.3 is 19.4 Å². The molecular weight excluding hydrogens is 514 g/mol. The molecule has 1 aromatic heterocycles. The summed E-state index contributed by atoms with van der Waals surface area (Å²) in [6.45, 7) is 6.63. The number of hydrogen-bond acceptors (Lipinski definition) is 7. The maximum atomic E-state index is 11.8. The minimum absolute atomic E-state index is 0.106. The number of fused-ring (bicyclic) bond motifs is 2. The van der Waals surface area contributed by atoms with Gasteiger partial charge in [0.25, 0.3) is 0 Å². The molecule has 7 nitrogen and oxygen atoms in total. The molecule has 0 bridgehead atoms. The van der Waals surface area contributed by atoms with Gasteiger partial charge >= 0.3 is 0 Å². The third-order valence-corrected chi connectivity index (χ3v) is 9.58. The Hall–Kier alpha value is -3.73. The number of aromatic nitrogens is 1. The number of benzene rings is 2. The Balaban J connectivity index is 1.33. The molecule has 0 spiro atoms. The third kappa shape index (κ3) is 5.23. The summed E-state index contributed by atoms with van der Waals surface area (Å²) in [4.78, 5) is 18.5. The lowest BCUT2D eigenvalue weighted by atomic mass is 9.76. The van der Waals surface area contributed by atoms with Crippen LogP contribution in [0.1, 0.15) is 66.5 Å². The Kier molecular flexibility index (Phi) is 7.31. The fourth-order valence-corrected chi connectivity index (χ4v) is 6.48. The molecule has 2 fully saturated rings. The summed E-state index contributed by atoms with van der Waals surface area (Å²) in [5.41, 5.74) is 5.97. The molecule has 2 aromatic carbocycles. The number of aliphatic hydroxyl groups is 1. The van der Waals surface area contributed by atoms with E-state index >= 15 is 0 Å². The molecule has 1 aliphatic carbocycles. The van der Waals surface area contributed by atoms with Crippen molar-refractivity contribution in [1.29, 1.82) is 5.26 Å². The maximum Gasteiger partial charge on any atom is 0.213 e. The third-order valence-electron chi connectivity index (χ3n) is 9.58. The number of carbonyl (C=O) groups is 1.